The van der Waals surface area contributed by atoms with E-state index in [0.29, 0.717) is 40.7 Å². The van der Waals surface area contributed by atoms with Crippen LogP contribution in [0.5, 0.6) is 0 Å². The van der Waals surface area contributed by atoms with Crippen molar-refractivity contribution in [2.45, 2.75) is 25.0 Å². The van der Waals surface area contributed by atoms with E-state index < -0.39 is 23.9 Å². The van der Waals surface area contributed by atoms with Crippen LogP contribution in [0.3, 0.4) is 0 Å². The van der Waals surface area contributed by atoms with Gasteiger partial charge in [-0.3, -0.25) is 9.48 Å². The Labute approximate surface area is 184 Å². The summed E-state index contributed by atoms with van der Waals surface area (Å²) in [6.45, 7) is 1.61. The first-order valence-corrected chi connectivity index (χ1v) is 10.4. The third kappa shape index (κ3) is 4.61. The van der Waals surface area contributed by atoms with Gasteiger partial charge in [-0.15, -0.1) is 5.10 Å². The first-order chi connectivity index (χ1) is 15.5. The van der Waals surface area contributed by atoms with Crippen LogP contribution in [0.4, 0.5) is 8.78 Å². The van der Waals surface area contributed by atoms with Crippen LogP contribution in [0.1, 0.15) is 12.0 Å². The molecule has 0 saturated carbocycles. The van der Waals surface area contributed by atoms with Gasteiger partial charge >= 0.3 is 0 Å². The van der Waals surface area contributed by atoms with Gasteiger partial charge in [-0.05, 0) is 47.9 Å². The maximum atomic E-state index is 14.8. The van der Waals surface area contributed by atoms with Gasteiger partial charge in [0, 0.05) is 26.6 Å². The highest BCUT2D eigenvalue weighted by Crippen LogP contribution is 2.27. The molecule has 3 aromatic rings. The molecule has 0 unspecified atom stereocenters. The maximum absolute atomic E-state index is 14.8. The van der Waals surface area contributed by atoms with Crippen molar-refractivity contribution < 1.29 is 18.3 Å². The van der Waals surface area contributed by atoms with E-state index in [0.717, 1.165) is 13.0 Å². The lowest BCUT2D eigenvalue weighted by Gasteiger charge is -2.18. The number of ether oxygens (including phenoxy) is 1. The van der Waals surface area contributed by atoms with E-state index in [1.807, 2.05) is 6.07 Å². The van der Waals surface area contributed by atoms with Crippen molar-refractivity contribution >= 4 is 16.8 Å². The molecule has 7 nitrogen and oxygen atoms in total. The average Bonchev–Trinajstić information content (AvgIpc) is 2.97. The Bertz CT molecular complexity index is 1180. The molecule has 0 aliphatic carbocycles. The fourth-order valence-corrected chi connectivity index (χ4v) is 3.78. The number of amides is 1. The normalized spacial score (nSPS) is 17.5. The number of rotatable bonds is 5. The number of hydrogen-bond acceptors (Lipinski definition) is 5. The summed E-state index contributed by atoms with van der Waals surface area (Å²) in [5.74, 6) is -1.43. The zero-order valence-corrected chi connectivity index (χ0v) is 17.6. The third-order valence-corrected chi connectivity index (χ3v) is 5.53. The zero-order chi connectivity index (χ0) is 22.7. The van der Waals surface area contributed by atoms with Crippen LogP contribution in [0, 0.1) is 23.1 Å². The molecular weight excluding hydrogens is 416 g/mol. The van der Waals surface area contributed by atoms with Crippen molar-refractivity contribution in [3.8, 4) is 17.2 Å². The van der Waals surface area contributed by atoms with E-state index in [2.05, 4.69) is 15.7 Å². The molecule has 1 aliphatic heterocycles. The van der Waals surface area contributed by atoms with Crippen LogP contribution in [-0.4, -0.2) is 47.5 Å². The largest absolute Gasteiger partial charge is 0.367 e. The number of halogens is 2. The van der Waals surface area contributed by atoms with Crippen molar-refractivity contribution in [3.05, 3.63) is 53.7 Å². The Kier molecular flexibility index (Phi) is 6.44. The predicted octanol–water partition coefficient (Wildman–Crippen LogP) is 2.45. The maximum Gasteiger partial charge on any atom is 0.251 e. The number of carbonyl (C=O) groups excluding carboxylic acids is 1. The summed E-state index contributed by atoms with van der Waals surface area (Å²) < 4.78 is 35.6. The van der Waals surface area contributed by atoms with Gasteiger partial charge in [0.2, 0.25) is 5.95 Å². The van der Waals surface area contributed by atoms with E-state index in [1.165, 1.54) is 10.7 Å². The summed E-state index contributed by atoms with van der Waals surface area (Å²) in [6.07, 6.45) is 0.165. The second-order valence-corrected chi connectivity index (χ2v) is 7.76. The van der Waals surface area contributed by atoms with Crippen LogP contribution in [0.2, 0.25) is 0 Å². The van der Waals surface area contributed by atoms with E-state index in [1.54, 1.807) is 37.4 Å². The van der Waals surface area contributed by atoms with Crippen molar-refractivity contribution in [2.75, 3.05) is 19.7 Å². The molecule has 0 bridgehead atoms. The molecule has 1 saturated heterocycles. The molecule has 2 aromatic carbocycles. The topological polar surface area (TPSA) is 92.0 Å². The highest BCUT2D eigenvalue weighted by atomic mass is 19.1. The van der Waals surface area contributed by atoms with Crippen LogP contribution < -0.4 is 10.6 Å². The number of benzene rings is 2. The standard InChI is InChI=1S/C23H23F2N5O2/c1-30-20-11-15(5-6-18(20)22(25)29-30)14-3-4-16(19(24)10-14)9-17(12-26)28-23(31)21-13-27-7-2-8-32-21/h3-6,10-11,17,21,27H,2,7-9,13H2,1H3,(H,28,31)/t17-,21-/m0/s1. The number of nitrogens with one attached hydrogen (secondary N) is 2. The number of carbonyl (C=O) groups is 1. The fourth-order valence-electron chi connectivity index (χ4n) is 3.78. The quantitative estimate of drug-likeness (QED) is 0.637. The summed E-state index contributed by atoms with van der Waals surface area (Å²) in [6, 6.07) is 10.9. The lowest BCUT2D eigenvalue weighted by Crippen LogP contribution is -2.46. The van der Waals surface area contributed by atoms with E-state index in [9.17, 15) is 18.8 Å². The molecule has 2 heterocycles. The van der Waals surface area contributed by atoms with Crippen molar-refractivity contribution in [2.24, 2.45) is 7.05 Å². The second kappa shape index (κ2) is 9.42. The Morgan fingerprint density at radius 3 is 2.91 bits per heavy atom. The molecule has 1 aromatic heterocycles. The highest BCUT2D eigenvalue weighted by molar-refractivity contribution is 5.85. The molecule has 1 fully saturated rings. The van der Waals surface area contributed by atoms with Crippen molar-refractivity contribution in [1.82, 2.24) is 20.4 Å². The Balaban J connectivity index is 1.48. The van der Waals surface area contributed by atoms with E-state index in [4.69, 9.17) is 4.74 Å². The SMILES string of the molecule is Cn1nc(F)c2ccc(-c3ccc(C[C@@H](C#N)NC(=O)[C@@H]4CNCCCO4)c(F)c3)cc21. The molecule has 2 N–H and O–H groups in total. The number of nitrogens with zero attached hydrogens (tertiary/aromatic N) is 3. The van der Waals surface area contributed by atoms with Crippen LogP contribution in [0.25, 0.3) is 22.0 Å². The van der Waals surface area contributed by atoms with Gasteiger partial charge in [-0.1, -0.05) is 18.2 Å². The van der Waals surface area contributed by atoms with E-state index >= 15 is 0 Å². The Morgan fingerprint density at radius 1 is 1.34 bits per heavy atom. The lowest BCUT2D eigenvalue weighted by molar-refractivity contribution is -0.132. The predicted molar refractivity (Wildman–Crippen MR) is 115 cm³/mol. The molecule has 9 heteroatoms. The fraction of sp³-hybridized carbons (Fsp3) is 0.348. The second-order valence-electron chi connectivity index (χ2n) is 7.76. The van der Waals surface area contributed by atoms with Gasteiger partial charge in [-0.25, -0.2) is 4.39 Å². The monoisotopic (exact) mass is 439 g/mol. The summed E-state index contributed by atoms with van der Waals surface area (Å²) in [5, 5.41) is 19.4. The van der Waals surface area contributed by atoms with Crippen LogP contribution in [0.15, 0.2) is 36.4 Å². The van der Waals surface area contributed by atoms with Gasteiger partial charge in [0.05, 0.1) is 17.0 Å². The lowest BCUT2D eigenvalue weighted by atomic mass is 9.99. The van der Waals surface area contributed by atoms with Gasteiger partial charge in [-0.2, -0.15) is 9.65 Å². The summed E-state index contributed by atoms with van der Waals surface area (Å²) >= 11 is 0. The minimum absolute atomic E-state index is 0.0283. The van der Waals surface area contributed by atoms with Gasteiger partial charge < -0.3 is 15.4 Å². The molecule has 166 valence electrons. The Morgan fingerprint density at radius 2 is 2.12 bits per heavy atom. The molecule has 32 heavy (non-hydrogen) atoms. The number of hydrogen-bond donors (Lipinski definition) is 2. The van der Waals surface area contributed by atoms with Gasteiger partial charge in [0.25, 0.3) is 5.91 Å². The number of nitriles is 1. The number of aromatic nitrogens is 2. The van der Waals surface area contributed by atoms with Crippen LogP contribution >= 0.6 is 0 Å². The molecular formula is C23H23F2N5O2. The van der Waals surface area contributed by atoms with Gasteiger partial charge in [0.15, 0.2) is 0 Å². The first-order valence-electron chi connectivity index (χ1n) is 10.4. The molecule has 0 radical (unpaired) electrons. The molecule has 4 rings (SSSR count). The smallest absolute Gasteiger partial charge is 0.251 e. The number of fused-ring (bicyclic) bond motifs is 1. The van der Waals surface area contributed by atoms with Crippen molar-refractivity contribution in [1.29, 1.82) is 5.26 Å². The average molecular weight is 439 g/mol. The minimum atomic E-state index is -0.886. The highest BCUT2D eigenvalue weighted by Gasteiger charge is 2.24. The van der Waals surface area contributed by atoms with E-state index in [-0.39, 0.29) is 12.3 Å². The summed E-state index contributed by atoms with van der Waals surface area (Å²) in [7, 11) is 1.64. The molecule has 2 atom stereocenters. The Hall–Kier alpha value is -3.35. The molecule has 0 spiro atoms. The molecule has 1 amide bonds. The minimum Gasteiger partial charge on any atom is -0.367 e. The van der Waals surface area contributed by atoms with Crippen molar-refractivity contribution in [3.63, 3.8) is 0 Å². The summed E-state index contributed by atoms with van der Waals surface area (Å²) in [5.41, 5.74) is 2.25. The third-order valence-electron chi connectivity index (χ3n) is 5.53. The first kappa shape index (κ1) is 21.9. The summed E-state index contributed by atoms with van der Waals surface area (Å²) in [4.78, 5) is 12.4. The van der Waals surface area contributed by atoms with Gasteiger partial charge in [0.1, 0.15) is 18.0 Å². The molecule has 1 aliphatic rings. The number of aryl methyl sites for hydroxylation is 1. The zero-order valence-electron chi connectivity index (χ0n) is 17.6. The van der Waals surface area contributed by atoms with Crippen LogP contribution in [-0.2, 0) is 23.0 Å².